The Balaban J connectivity index is 0.00000128. The highest BCUT2D eigenvalue weighted by Gasteiger charge is 1.96. The molecule has 0 aliphatic heterocycles. The second-order valence-electron chi connectivity index (χ2n) is 3.57. The first kappa shape index (κ1) is 12.7. The number of nitrogens with one attached hydrogen (secondary N) is 1. The first-order valence-electron chi connectivity index (χ1n) is 5.08. The Morgan fingerprint density at radius 3 is 2.50 bits per heavy atom. The summed E-state index contributed by atoms with van der Waals surface area (Å²) in [7, 11) is 1.93. The minimum absolute atomic E-state index is 0. The predicted molar refractivity (Wildman–Crippen MR) is 67.4 cm³/mol. The topological polar surface area (TPSA) is 29.9 Å². The molecular weight excluding hydrogens is 222 g/mol. The van der Waals surface area contributed by atoms with Gasteiger partial charge in [-0.05, 0) is 11.6 Å². The molecule has 1 aromatic carbocycles. The monoisotopic (exact) mass is 237 g/mol. The van der Waals surface area contributed by atoms with Crippen LogP contribution < -0.4 is 5.32 Å². The van der Waals surface area contributed by atoms with Crippen molar-refractivity contribution < 1.29 is 0 Å². The average Bonchev–Trinajstić information content (AvgIpc) is 2.66. The van der Waals surface area contributed by atoms with E-state index in [4.69, 9.17) is 0 Å². The number of aryl methyl sites for hydroxylation is 1. The lowest BCUT2D eigenvalue weighted by atomic mass is 10.2. The molecule has 0 aliphatic carbocycles. The van der Waals surface area contributed by atoms with E-state index in [0.29, 0.717) is 0 Å². The molecule has 1 N–H and O–H groups in total. The maximum absolute atomic E-state index is 4.30. The van der Waals surface area contributed by atoms with Crippen molar-refractivity contribution in [3.05, 3.63) is 53.9 Å². The van der Waals surface area contributed by atoms with Crippen LogP contribution in [0.1, 0.15) is 11.3 Å². The number of aromatic nitrogens is 2. The van der Waals surface area contributed by atoms with E-state index < -0.39 is 0 Å². The zero-order chi connectivity index (χ0) is 10.5. The van der Waals surface area contributed by atoms with Crippen molar-refractivity contribution in [2.24, 2.45) is 7.05 Å². The van der Waals surface area contributed by atoms with Gasteiger partial charge in [-0.3, -0.25) is 4.68 Å². The van der Waals surface area contributed by atoms with E-state index in [1.54, 1.807) is 0 Å². The molecule has 0 spiro atoms. The summed E-state index contributed by atoms with van der Waals surface area (Å²) in [4.78, 5) is 0. The largest absolute Gasteiger partial charge is 0.307 e. The molecule has 0 radical (unpaired) electrons. The molecule has 0 saturated carbocycles. The Morgan fingerprint density at radius 2 is 1.88 bits per heavy atom. The van der Waals surface area contributed by atoms with Crippen molar-refractivity contribution >= 4 is 12.4 Å². The average molecular weight is 238 g/mol. The normalized spacial score (nSPS) is 9.81. The van der Waals surface area contributed by atoms with Crippen LogP contribution in [0.3, 0.4) is 0 Å². The van der Waals surface area contributed by atoms with Gasteiger partial charge in [0.25, 0.3) is 0 Å². The van der Waals surface area contributed by atoms with E-state index in [1.807, 2.05) is 30.1 Å². The van der Waals surface area contributed by atoms with Crippen molar-refractivity contribution in [1.82, 2.24) is 15.1 Å². The fraction of sp³-hybridized carbons (Fsp3) is 0.250. The van der Waals surface area contributed by atoms with Crippen LogP contribution in [0.5, 0.6) is 0 Å². The van der Waals surface area contributed by atoms with Crippen molar-refractivity contribution in [1.29, 1.82) is 0 Å². The van der Waals surface area contributed by atoms with Gasteiger partial charge in [0, 0.05) is 26.3 Å². The van der Waals surface area contributed by atoms with Crippen molar-refractivity contribution in [3.63, 3.8) is 0 Å². The van der Waals surface area contributed by atoms with Crippen LogP contribution in [-0.4, -0.2) is 9.78 Å². The highest BCUT2D eigenvalue weighted by molar-refractivity contribution is 5.85. The Bertz CT molecular complexity index is 411. The first-order valence-corrected chi connectivity index (χ1v) is 5.08. The lowest BCUT2D eigenvalue weighted by molar-refractivity contribution is 0.656. The van der Waals surface area contributed by atoms with Crippen LogP contribution in [0.2, 0.25) is 0 Å². The SMILES string of the molecule is Cl.Cn1ccc(CNCc2ccccc2)n1. The molecule has 1 heterocycles. The van der Waals surface area contributed by atoms with Gasteiger partial charge in [-0.2, -0.15) is 5.10 Å². The highest BCUT2D eigenvalue weighted by atomic mass is 35.5. The molecule has 0 amide bonds. The third kappa shape index (κ3) is 3.68. The highest BCUT2D eigenvalue weighted by Crippen LogP contribution is 1.98. The Hall–Kier alpha value is -1.32. The number of halogens is 1. The first-order chi connectivity index (χ1) is 7.34. The molecule has 0 atom stereocenters. The quantitative estimate of drug-likeness (QED) is 0.883. The minimum atomic E-state index is 0. The molecule has 86 valence electrons. The number of nitrogens with zero attached hydrogens (tertiary/aromatic N) is 2. The second-order valence-corrected chi connectivity index (χ2v) is 3.57. The summed E-state index contributed by atoms with van der Waals surface area (Å²) in [6, 6.07) is 12.4. The van der Waals surface area contributed by atoms with Gasteiger partial charge >= 0.3 is 0 Å². The summed E-state index contributed by atoms with van der Waals surface area (Å²) in [6.45, 7) is 1.70. The lowest BCUT2D eigenvalue weighted by Gasteiger charge is -2.02. The zero-order valence-electron chi connectivity index (χ0n) is 9.26. The summed E-state index contributed by atoms with van der Waals surface area (Å²) < 4.78 is 1.82. The summed E-state index contributed by atoms with van der Waals surface area (Å²) in [6.07, 6.45) is 1.96. The van der Waals surface area contributed by atoms with E-state index in [9.17, 15) is 0 Å². The van der Waals surface area contributed by atoms with E-state index in [0.717, 1.165) is 18.8 Å². The number of hydrogen-bond acceptors (Lipinski definition) is 2. The fourth-order valence-corrected chi connectivity index (χ4v) is 1.49. The Kier molecular flexibility index (Phi) is 5.02. The standard InChI is InChI=1S/C12H15N3.ClH/c1-15-8-7-12(14-15)10-13-9-11-5-3-2-4-6-11;/h2-8,13H,9-10H2,1H3;1H. The minimum Gasteiger partial charge on any atom is -0.307 e. The molecule has 0 aliphatic rings. The molecular formula is C12H16ClN3. The summed E-state index contributed by atoms with van der Waals surface area (Å²) in [5.41, 5.74) is 2.38. The van der Waals surface area contributed by atoms with Crippen LogP contribution in [0.4, 0.5) is 0 Å². The lowest BCUT2D eigenvalue weighted by Crippen LogP contribution is -2.13. The van der Waals surface area contributed by atoms with Crippen LogP contribution in [0, 0.1) is 0 Å². The van der Waals surface area contributed by atoms with Crippen molar-refractivity contribution in [2.75, 3.05) is 0 Å². The summed E-state index contributed by atoms with van der Waals surface area (Å²) >= 11 is 0. The molecule has 2 rings (SSSR count). The van der Waals surface area contributed by atoms with Crippen LogP contribution in [0.25, 0.3) is 0 Å². The van der Waals surface area contributed by atoms with E-state index in [1.165, 1.54) is 5.56 Å². The molecule has 16 heavy (non-hydrogen) atoms. The smallest absolute Gasteiger partial charge is 0.0762 e. The van der Waals surface area contributed by atoms with E-state index in [-0.39, 0.29) is 12.4 Å². The van der Waals surface area contributed by atoms with Gasteiger partial charge in [0.2, 0.25) is 0 Å². The van der Waals surface area contributed by atoms with E-state index in [2.05, 4.69) is 34.7 Å². The van der Waals surface area contributed by atoms with Gasteiger partial charge in [-0.15, -0.1) is 12.4 Å². The van der Waals surface area contributed by atoms with Gasteiger partial charge in [0.1, 0.15) is 0 Å². The van der Waals surface area contributed by atoms with Crippen molar-refractivity contribution in [2.45, 2.75) is 13.1 Å². The Morgan fingerprint density at radius 1 is 1.12 bits per heavy atom. The molecule has 0 saturated heterocycles. The summed E-state index contributed by atoms with van der Waals surface area (Å²) in [5.74, 6) is 0. The van der Waals surface area contributed by atoms with Gasteiger partial charge < -0.3 is 5.32 Å². The molecule has 2 aromatic rings. The third-order valence-corrected chi connectivity index (χ3v) is 2.25. The van der Waals surface area contributed by atoms with Crippen molar-refractivity contribution in [3.8, 4) is 0 Å². The summed E-state index contributed by atoms with van der Waals surface area (Å²) in [5, 5.41) is 7.65. The van der Waals surface area contributed by atoms with Crippen LogP contribution >= 0.6 is 12.4 Å². The number of hydrogen-bond donors (Lipinski definition) is 1. The van der Waals surface area contributed by atoms with Gasteiger partial charge in [-0.25, -0.2) is 0 Å². The van der Waals surface area contributed by atoms with E-state index >= 15 is 0 Å². The third-order valence-electron chi connectivity index (χ3n) is 2.25. The molecule has 1 aromatic heterocycles. The van der Waals surface area contributed by atoms with Crippen LogP contribution in [-0.2, 0) is 20.1 Å². The molecule has 0 fully saturated rings. The second kappa shape index (κ2) is 6.30. The molecule has 3 nitrogen and oxygen atoms in total. The fourth-order valence-electron chi connectivity index (χ4n) is 1.49. The van der Waals surface area contributed by atoms with Gasteiger partial charge in [0.15, 0.2) is 0 Å². The Labute approximate surface area is 102 Å². The molecule has 0 bridgehead atoms. The zero-order valence-corrected chi connectivity index (χ0v) is 10.1. The van der Waals surface area contributed by atoms with Gasteiger partial charge in [-0.1, -0.05) is 30.3 Å². The molecule has 0 unspecified atom stereocenters. The molecule has 4 heteroatoms. The maximum Gasteiger partial charge on any atom is 0.0762 e. The predicted octanol–water partition coefficient (Wildman–Crippen LogP) is 2.13. The number of benzene rings is 1. The number of rotatable bonds is 4. The maximum atomic E-state index is 4.30. The van der Waals surface area contributed by atoms with Gasteiger partial charge in [0.05, 0.1) is 5.69 Å². The van der Waals surface area contributed by atoms with Crippen LogP contribution in [0.15, 0.2) is 42.6 Å².